The maximum absolute atomic E-state index is 13.1. The van der Waals surface area contributed by atoms with Crippen molar-refractivity contribution in [3.63, 3.8) is 0 Å². The predicted molar refractivity (Wildman–Crippen MR) is 125 cm³/mol. The van der Waals surface area contributed by atoms with Crippen LogP contribution >= 0.6 is 11.3 Å². The van der Waals surface area contributed by atoms with Gasteiger partial charge in [0.15, 0.2) is 11.5 Å². The smallest absolute Gasteiger partial charge is 0.280 e. The van der Waals surface area contributed by atoms with E-state index in [4.69, 9.17) is 6.57 Å². The third-order valence-electron chi connectivity index (χ3n) is 5.03. The van der Waals surface area contributed by atoms with Crippen molar-refractivity contribution < 1.29 is 0 Å². The minimum Gasteiger partial charge on any atom is -0.293 e. The number of aryl methyl sites for hydroxylation is 1. The van der Waals surface area contributed by atoms with Crippen molar-refractivity contribution in [1.29, 1.82) is 0 Å². The lowest BCUT2D eigenvalue weighted by Crippen LogP contribution is -2.16. The van der Waals surface area contributed by atoms with E-state index in [9.17, 15) is 4.79 Å². The Morgan fingerprint density at radius 2 is 1.59 bits per heavy atom. The van der Waals surface area contributed by atoms with E-state index in [0.717, 1.165) is 32.4 Å². The van der Waals surface area contributed by atoms with E-state index >= 15 is 0 Å². The van der Waals surface area contributed by atoms with Crippen molar-refractivity contribution in [2.24, 2.45) is 0 Å². The molecule has 0 aliphatic heterocycles. The Morgan fingerprint density at radius 1 is 0.906 bits per heavy atom. The summed E-state index contributed by atoms with van der Waals surface area (Å²) in [6, 6.07) is 20.5. The van der Waals surface area contributed by atoms with Gasteiger partial charge in [-0.2, -0.15) is 0 Å². The highest BCUT2D eigenvalue weighted by Crippen LogP contribution is 2.29. The van der Waals surface area contributed by atoms with Crippen LogP contribution in [0.5, 0.6) is 0 Å². The van der Waals surface area contributed by atoms with Crippen molar-refractivity contribution >= 4 is 17.0 Å². The molecule has 1 N–H and O–H groups in total. The molecule has 0 unspecified atom stereocenters. The van der Waals surface area contributed by atoms with Gasteiger partial charge in [-0.3, -0.25) is 9.89 Å². The lowest BCUT2D eigenvalue weighted by molar-refractivity contribution is 0.807. The van der Waals surface area contributed by atoms with Gasteiger partial charge in [0, 0.05) is 23.0 Å². The van der Waals surface area contributed by atoms with Gasteiger partial charge in [0.05, 0.1) is 12.1 Å². The van der Waals surface area contributed by atoms with Crippen LogP contribution in [0.15, 0.2) is 77.7 Å². The average Bonchev–Trinajstić information content (AvgIpc) is 3.45. The van der Waals surface area contributed by atoms with Crippen LogP contribution in [-0.2, 0) is 0 Å². The van der Waals surface area contributed by atoms with E-state index < -0.39 is 0 Å². The highest BCUT2D eigenvalue weighted by molar-refractivity contribution is 7.17. The first-order chi connectivity index (χ1) is 15.6. The molecule has 154 valence electrons. The van der Waals surface area contributed by atoms with Crippen molar-refractivity contribution in [3.05, 3.63) is 100 Å². The van der Waals surface area contributed by atoms with Crippen LogP contribution < -0.4 is 5.56 Å². The molecule has 5 rings (SSSR count). The zero-order valence-corrected chi connectivity index (χ0v) is 17.8. The Hall–Kier alpha value is -4.35. The van der Waals surface area contributed by atoms with Crippen LogP contribution in [0.3, 0.4) is 0 Å². The molecule has 0 aliphatic rings. The van der Waals surface area contributed by atoms with E-state index in [2.05, 4.69) is 25.1 Å². The first kappa shape index (κ1) is 19.6. The zero-order chi connectivity index (χ0) is 22.1. The summed E-state index contributed by atoms with van der Waals surface area (Å²) in [6.45, 7) is 8.93. The molecule has 0 atom stereocenters. The van der Waals surface area contributed by atoms with E-state index in [1.165, 1.54) is 16.0 Å². The Bertz CT molecular complexity index is 1490. The minimum absolute atomic E-state index is 0.194. The summed E-state index contributed by atoms with van der Waals surface area (Å²) in [7, 11) is 0. The number of aromatic amines is 1. The van der Waals surface area contributed by atoms with E-state index in [-0.39, 0.29) is 5.56 Å². The number of H-pyrrole nitrogens is 1. The monoisotopic (exact) mass is 436 g/mol. The quantitative estimate of drug-likeness (QED) is 0.389. The number of rotatable bonds is 4. The molecular weight excluding hydrogens is 420 g/mol. The number of nitrogens with one attached hydrogen (secondary N) is 1. The fourth-order valence-corrected chi connectivity index (χ4v) is 4.27. The fourth-order valence-electron chi connectivity index (χ4n) is 3.43. The molecule has 8 heteroatoms. The molecule has 7 nitrogen and oxygen atoms in total. The molecule has 5 aromatic rings. The standard InChI is InChI=1S/C24H16N6OS/c1-15-21(16-8-11-19(25-2)12-9-16)24(31)30(29-15)20-13-10-18(14-26-20)23-28-27-22(32-23)17-6-4-3-5-7-17/h3-14,29H,1H3. The van der Waals surface area contributed by atoms with Crippen LogP contribution in [0.1, 0.15) is 5.69 Å². The maximum Gasteiger partial charge on any atom is 0.280 e. The fraction of sp³-hybridized carbons (Fsp3) is 0.0417. The van der Waals surface area contributed by atoms with Gasteiger partial charge in [0.1, 0.15) is 10.0 Å². The third kappa shape index (κ3) is 3.51. The molecule has 3 aromatic heterocycles. The molecule has 0 radical (unpaired) electrons. The van der Waals surface area contributed by atoms with Crippen molar-refractivity contribution in [3.8, 4) is 38.1 Å². The summed E-state index contributed by atoms with van der Waals surface area (Å²) in [6.07, 6.45) is 1.69. The molecule has 32 heavy (non-hydrogen) atoms. The zero-order valence-electron chi connectivity index (χ0n) is 17.0. The third-order valence-corrected chi connectivity index (χ3v) is 6.05. The van der Waals surface area contributed by atoms with Gasteiger partial charge in [-0.25, -0.2) is 14.5 Å². The Labute approximate surface area is 187 Å². The highest BCUT2D eigenvalue weighted by Gasteiger charge is 2.16. The summed E-state index contributed by atoms with van der Waals surface area (Å²) in [5.74, 6) is 0.485. The van der Waals surface area contributed by atoms with Crippen LogP contribution in [0.4, 0.5) is 5.69 Å². The van der Waals surface area contributed by atoms with Gasteiger partial charge in [0.2, 0.25) is 0 Å². The van der Waals surface area contributed by atoms with Crippen LogP contribution in [-0.4, -0.2) is 25.0 Å². The summed E-state index contributed by atoms with van der Waals surface area (Å²) >= 11 is 1.49. The first-order valence-electron chi connectivity index (χ1n) is 9.79. The van der Waals surface area contributed by atoms with Gasteiger partial charge in [0.25, 0.3) is 5.56 Å². The second-order valence-corrected chi connectivity index (χ2v) is 8.07. The topological polar surface area (TPSA) is 80.8 Å². The molecule has 3 heterocycles. The predicted octanol–water partition coefficient (Wildman–Crippen LogP) is 5.27. The largest absolute Gasteiger partial charge is 0.293 e. The number of nitrogens with zero attached hydrogens (tertiary/aromatic N) is 5. The molecular formula is C24H16N6OS. The summed E-state index contributed by atoms with van der Waals surface area (Å²) in [4.78, 5) is 20.9. The maximum atomic E-state index is 13.1. The SMILES string of the molecule is [C-]#[N+]c1ccc(-c2c(C)[nH]n(-c3ccc(-c4nnc(-c5ccccc5)s4)cn3)c2=O)cc1. The van der Waals surface area contributed by atoms with Gasteiger partial charge in [-0.1, -0.05) is 65.9 Å². The molecule has 0 bridgehead atoms. The highest BCUT2D eigenvalue weighted by atomic mass is 32.1. The molecule has 0 amide bonds. The second-order valence-electron chi connectivity index (χ2n) is 7.09. The molecule has 0 saturated heterocycles. The minimum atomic E-state index is -0.194. The summed E-state index contributed by atoms with van der Waals surface area (Å²) < 4.78 is 1.42. The number of benzene rings is 2. The Morgan fingerprint density at radius 3 is 2.25 bits per heavy atom. The van der Waals surface area contributed by atoms with E-state index in [1.807, 2.05) is 43.3 Å². The average molecular weight is 437 g/mol. The molecule has 0 aliphatic carbocycles. The van der Waals surface area contributed by atoms with Gasteiger partial charge >= 0.3 is 0 Å². The Kier molecular flexibility index (Phi) is 4.94. The number of pyridine rings is 1. The normalized spacial score (nSPS) is 10.8. The molecule has 2 aromatic carbocycles. The summed E-state index contributed by atoms with van der Waals surface area (Å²) in [5, 5.41) is 13.3. The lowest BCUT2D eigenvalue weighted by atomic mass is 10.1. The number of hydrogen-bond acceptors (Lipinski definition) is 5. The molecule has 0 fully saturated rings. The van der Waals surface area contributed by atoms with Crippen LogP contribution in [0, 0.1) is 13.5 Å². The number of aromatic nitrogens is 5. The van der Waals surface area contributed by atoms with Crippen LogP contribution in [0.2, 0.25) is 0 Å². The molecule has 0 saturated carbocycles. The van der Waals surface area contributed by atoms with Gasteiger partial charge < -0.3 is 0 Å². The van der Waals surface area contributed by atoms with Gasteiger partial charge in [-0.05, 0) is 24.6 Å². The number of hydrogen-bond donors (Lipinski definition) is 1. The van der Waals surface area contributed by atoms with Crippen LogP contribution in [0.25, 0.3) is 42.9 Å². The summed E-state index contributed by atoms with van der Waals surface area (Å²) in [5.41, 5.74) is 4.24. The van der Waals surface area contributed by atoms with E-state index in [1.54, 1.807) is 36.5 Å². The second kappa shape index (κ2) is 8.06. The van der Waals surface area contributed by atoms with E-state index in [0.29, 0.717) is 17.1 Å². The lowest BCUT2D eigenvalue weighted by Gasteiger charge is -2.01. The first-order valence-corrected chi connectivity index (χ1v) is 10.6. The Balaban J connectivity index is 1.45. The van der Waals surface area contributed by atoms with Gasteiger partial charge in [-0.15, -0.1) is 10.2 Å². The van der Waals surface area contributed by atoms with Crippen molar-refractivity contribution in [2.45, 2.75) is 6.92 Å². The van der Waals surface area contributed by atoms with Crippen molar-refractivity contribution in [2.75, 3.05) is 0 Å². The molecule has 0 spiro atoms. The van der Waals surface area contributed by atoms with Crippen molar-refractivity contribution in [1.82, 2.24) is 25.0 Å².